The van der Waals surface area contributed by atoms with Crippen molar-refractivity contribution in [2.24, 2.45) is 4.99 Å². The quantitative estimate of drug-likeness (QED) is 0.616. The summed E-state index contributed by atoms with van der Waals surface area (Å²) in [4.78, 5) is 7.40. The van der Waals surface area contributed by atoms with Gasteiger partial charge in [0, 0.05) is 19.5 Å². The van der Waals surface area contributed by atoms with Gasteiger partial charge in [-0.2, -0.15) is 0 Å². The van der Waals surface area contributed by atoms with E-state index in [4.69, 9.17) is 4.99 Å². The van der Waals surface area contributed by atoms with Crippen LogP contribution in [0.4, 0.5) is 5.69 Å². The van der Waals surface area contributed by atoms with Crippen molar-refractivity contribution in [2.75, 3.05) is 0 Å². The van der Waals surface area contributed by atoms with Gasteiger partial charge in [0.15, 0.2) is 0 Å². The highest BCUT2D eigenvalue weighted by Crippen LogP contribution is 2.28. The Kier molecular flexibility index (Phi) is 4.60. The second-order valence-corrected chi connectivity index (χ2v) is 6.48. The van der Waals surface area contributed by atoms with Crippen LogP contribution in [0.5, 0.6) is 0 Å². The van der Waals surface area contributed by atoms with Crippen molar-refractivity contribution in [3.05, 3.63) is 102 Å². The van der Waals surface area contributed by atoms with Crippen molar-refractivity contribution >= 4 is 11.5 Å². The summed E-state index contributed by atoms with van der Waals surface area (Å²) in [6.45, 7) is 1.83. The smallest absolute Gasteiger partial charge is 0.106 e. The molecule has 0 radical (unpaired) electrons. The lowest BCUT2D eigenvalue weighted by atomic mass is 10.1. The molecule has 0 saturated carbocycles. The molecular formula is C23H22N2. The van der Waals surface area contributed by atoms with Crippen LogP contribution in [0.1, 0.15) is 23.1 Å². The van der Waals surface area contributed by atoms with Crippen LogP contribution in [0.15, 0.2) is 89.9 Å². The molecule has 0 bridgehead atoms. The molecule has 0 unspecified atom stereocenters. The second kappa shape index (κ2) is 7.35. The molecule has 0 N–H and O–H groups in total. The highest BCUT2D eigenvalue weighted by molar-refractivity contribution is 5.87. The highest BCUT2D eigenvalue weighted by Gasteiger charge is 2.19. The molecule has 4 rings (SSSR count). The average Bonchev–Trinajstić information content (AvgIpc) is 2.68. The molecule has 1 aliphatic heterocycles. The number of benzene rings is 3. The Hall–Kier alpha value is -2.87. The summed E-state index contributed by atoms with van der Waals surface area (Å²) in [5.74, 6) is 1.19. The molecule has 0 amide bonds. The minimum atomic E-state index is 0.906. The number of nitrogens with zero attached hydrogens (tertiary/aromatic N) is 2. The third-order valence-corrected chi connectivity index (χ3v) is 4.66. The van der Waals surface area contributed by atoms with Crippen LogP contribution in [0, 0.1) is 0 Å². The van der Waals surface area contributed by atoms with Gasteiger partial charge in [0.2, 0.25) is 0 Å². The third kappa shape index (κ3) is 3.80. The summed E-state index contributed by atoms with van der Waals surface area (Å²) in [5.41, 5.74) is 5.12. The van der Waals surface area contributed by atoms with E-state index < -0.39 is 0 Å². The maximum atomic E-state index is 4.98. The van der Waals surface area contributed by atoms with Gasteiger partial charge >= 0.3 is 0 Å². The molecule has 3 aromatic rings. The van der Waals surface area contributed by atoms with Gasteiger partial charge in [-0.25, -0.2) is 4.99 Å². The first-order chi connectivity index (χ1) is 12.4. The van der Waals surface area contributed by atoms with Gasteiger partial charge in [-0.15, -0.1) is 0 Å². The fourth-order valence-corrected chi connectivity index (χ4v) is 3.33. The van der Waals surface area contributed by atoms with Crippen molar-refractivity contribution in [2.45, 2.75) is 25.9 Å². The Balaban J connectivity index is 1.57. The fourth-order valence-electron chi connectivity index (χ4n) is 3.33. The van der Waals surface area contributed by atoms with Crippen LogP contribution in [-0.4, -0.2) is 10.7 Å². The maximum absolute atomic E-state index is 4.98. The van der Waals surface area contributed by atoms with E-state index in [1.807, 2.05) is 0 Å². The van der Waals surface area contributed by atoms with Gasteiger partial charge < -0.3 is 4.90 Å². The zero-order valence-electron chi connectivity index (χ0n) is 14.3. The minimum Gasteiger partial charge on any atom is -0.351 e. The van der Waals surface area contributed by atoms with Crippen LogP contribution < -0.4 is 0 Å². The topological polar surface area (TPSA) is 15.6 Å². The second-order valence-electron chi connectivity index (χ2n) is 6.48. The largest absolute Gasteiger partial charge is 0.351 e. The molecule has 1 aliphatic rings. The third-order valence-electron chi connectivity index (χ3n) is 4.66. The summed E-state index contributed by atoms with van der Waals surface area (Å²) in [6, 6.07) is 29.8. The van der Waals surface area contributed by atoms with Crippen molar-refractivity contribution < 1.29 is 0 Å². The number of hydrogen-bond acceptors (Lipinski definition) is 2. The lowest BCUT2D eigenvalue weighted by molar-refractivity contribution is 0.392. The minimum absolute atomic E-state index is 0.906. The maximum Gasteiger partial charge on any atom is 0.106 e. The van der Waals surface area contributed by atoms with Gasteiger partial charge in [-0.3, -0.25) is 0 Å². The van der Waals surface area contributed by atoms with Crippen molar-refractivity contribution in [1.82, 2.24) is 4.90 Å². The zero-order chi connectivity index (χ0) is 16.9. The number of para-hydroxylation sites is 1. The van der Waals surface area contributed by atoms with Gasteiger partial charge in [0.1, 0.15) is 5.84 Å². The molecule has 25 heavy (non-hydrogen) atoms. The van der Waals surface area contributed by atoms with Gasteiger partial charge in [0.25, 0.3) is 0 Å². The van der Waals surface area contributed by atoms with E-state index >= 15 is 0 Å². The molecule has 1 heterocycles. The monoisotopic (exact) mass is 326 g/mol. The fraction of sp³-hybridized carbons (Fsp3) is 0.174. The SMILES string of the molecule is c1ccc(CCC2=Nc3ccccc3CN2Cc2ccccc2)cc1. The molecule has 2 heteroatoms. The number of fused-ring (bicyclic) bond motifs is 1. The predicted molar refractivity (Wildman–Crippen MR) is 104 cm³/mol. The van der Waals surface area contributed by atoms with Gasteiger partial charge in [0.05, 0.1) is 5.69 Å². The van der Waals surface area contributed by atoms with Crippen LogP contribution in [0.3, 0.4) is 0 Å². The van der Waals surface area contributed by atoms with E-state index in [2.05, 4.69) is 89.8 Å². The molecule has 0 aromatic heterocycles. The zero-order valence-corrected chi connectivity index (χ0v) is 14.3. The van der Waals surface area contributed by atoms with E-state index in [1.54, 1.807) is 0 Å². The highest BCUT2D eigenvalue weighted by atomic mass is 15.2. The first kappa shape index (κ1) is 15.6. The Labute approximate surface area is 149 Å². The number of aliphatic imine (C=N–C) groups is 1. The van der Waals surface area contributed by atoms with E-state index in [1.165, 1.54) is 22.5 Å². The standard InChI is InChI=1S/C23H22N2/c1-3-9-19(10-4-1)15-16-23-24-22-14-8-7-13-21(22)18-25(23)17-20-11-5-2-6-12-20/h1-14H,15-18H2. The van der Waals surface area contributed by atoms with Gasteiger partial charge in [-0.1, -0.05) is 78.9 Å². The Morgan fingerprint density at radius 1 is 0.680 bits per heavy atom. The van der Waals surface area contributed by atoms with E-state index in [-0.39, 0.29) is 0 Å². The molecule has 3 aromatic carbocycles. The molecule has 0 spiro atoms. The lowest BCUT2D eigenvalue weighted by Crippen LogP contribution is -2.32. The molecule has 2 nitrogen and oxygen atoms in total. The molecule has 124 valence electrons. The number of aryl methyl sites for hydroxylation is 1. The number of rotatable bonds is 5. The number of amidine groups is 1. The van der Waals surface area contributed by atoms with E-state index in [0.717, 1.165) is 31.6 Å². The van der Waals surface area contributed by atoms with Crippen LogP contribution in [-0.2, 0) is 19.5 Å². The Morgan fingerprint density at radius 3 is 2.08 bits per heavy atom. The summed E-state index contributed by atoms with van der Waals surface area (Å²) < 4.78 is 0. The molecular weight excluding hydrogens is 304 g/mol. The number of hydrogen-bond donors (Lipinski definition) is 0. The van der Waals surface area contributed by atoms with Crippen LogP contribution in [0.25, 0.3) is 0 Å². The lowest BCUT2D eigenvalue weighted by Gasteiger charge is -2.31. The van der Waals surface area contributed by atoms with Crippen LogP contribution >= 0.6 is 0 Å². The van der Waals surface area contributed by atoms with E-state index in [9.17, 15) is 0 Å². The van der Waals surface area contributed by atoms with Crippen molar-refractivity contribution in [3.8, 4) is 0 Å². The Morgan fingerprint density at radius 2 is 1.32 bits per heavy atom. The van der Waals surface area contributed by atoms with Crippen molar-refractivity contribution in [3.63, 3.8) is 0 Å². The summed E-state index contributed by atoms with van der Waals surface area (Å²) >= 11 is 0. The Bertz CT molecular complexity index is 854. The first-order valence-electron chi connectivity index (χ1n) is 8.87. The van der Waals surface area contributed by atoms with E-state index in [0.29, 0.717) is 0 Å². The van der Waals surface area contributed by atoms with Gasteiger partial charge in [-0.05, 0) is 29.2 Å². The molecule has 0 atom stereocenters. The van der Waals surface area contributed by atoms with Crippen molar-refractivity contribution in [1.29, 1.82) is 0 Å². The summed E-state index contributed by atoms with van der Waals surface area (Å²) in [5, 5.41) is 0. The summed E-state index contributed by atoms with van der Waals surface area (Å²) in [6.07, 6.45) is 1.98. The molecule has 0 aliphatic carbocycles. The molecule has 0 fully saturated rings. The first-order valence-corrected chi connectivity index (χ1v) is 8.87. The molecule has 0 saturated heterocycles. The van der Waals surface area contributed by atoms with Crippen LogP contribution in [0.2, 0.25) is 0 Å². The summed E-state index contributed by atoms with van der Waals surface area (Å²) in [7, 11) is 0. The predicted octanol–water partition coefficient (Wildman–Crippen LogP) is 5.37. The normalized spacial score (nSPS) is 13.3. The average molecular weight is 326 g/mol.